The van der Waals surface area contributed by atoms with Gasteiger partial charge in [-0.05, 0) is 47.0 Å². The summed E-state index contributed by atoms with van der Waals surface area (Å²) in [4.78, 5) is 12.2. The number of hydrogen-bond donors (Lipinski definition) is 1. The van der Waals surface area contributed by atoms with E-state index in [1.807, 2.05) is 23.6 Å². The molecule has 2 aromatic carbocycles. The molecule has 1 amide bonds. The summed E-state index contributed by atoms with van der Waals surface area (Å²) in [6.07, 6.45) is -2.06. The molecule has 0 aliphatic heterocycles. The van der Waals surface area contributed by atoms with Gasteiger partial charge in [-0.15, -0.1) is 11.3 Å². The molecule has 124 valence electrons. The van der Waals surface area contributed by atoms with Gasteiger partial charge >= 0.3 is 0 Å². The zero-order valence-corrected chi connectivity index (χ0v) is 14.1. The molecule has 24 heavy (non-hydrogen) atoms. The van der Waals surface area contributed by atoms with Crippen LogP contribution in [0.3, 0.4) is 0 Å². The lowest BCUT2D eigenvalue weighted by atomic mass is 10.1. The molecule has 3 aromatic rings. The van der Waals surface area contributed by atoms with E-state index in [2.05, 4.69) is 5.32 Å². The topological polar surface area (TPSA) is 29.1 Å². The van der Waals surface area contributed by atoms with Crippen molar-refractivity contribution < 1.29 is 13.6 Å². The van der Waals surface area contributed by atoms with E-state index in [9.17, 15) is 13.6 Å². The standard InChI is InChI=1S/C18H14ClF2NOS/c19-12-5-6-16-15(9-12)11(10-24-16)7-8-22-18(23)14-4-2-1-3-13(14)17(20)21/h1-6,9-10,17H,7-8H2,(H,22,23). The molecular weight excluding hydrogens is 352 g/mol. The minimum Gasteiger partial charge on any atom is -0.352 e. The number of hydrogen-bond acceptors (Lipinski definition) is 2. The molecule has 0 spiro atoms. The fraction of sp³-hybridized carbons (Fsp3) is 0.167. The summed E-state index contributed by atoms with van der Waals surface area (Å²) < 4.78 is 27.0. The first-order valence-electron chi connectivity index (χ1n) is 7.37. The Morgan fingerprint density at radius 1 is 1.21 bits per heavy atom. The van der Waals surface area contributed by atoms with Crippen molar-refractivity contribution >= 4 is 38.9 Å². The van der Waals surface area contributed by atoms with Crippen LogP contribution in [0.25, 0.3) is 10.1 Å². The Morgan fingerprint density at radius 3 is 2.79 bits per heavy atom. The number of alkyl halides is 2. The van der Waals surface area contributed by atoms with Crippen LogP contribution < -0.4 is 5.32 Å². The molecule has 3 rings (SSSR count). The smallest absolute Gasteiger partial charge is 0.264 e. The minimum absolute atomic E-state index is 0.0192. The monoisotopic (exact) mass is 365 g/mol. The number of thiophene rings is 1. The molecule has 0 radical (unpaired) electrons. The third kappa shape index (κ3) is 3.57. The second-order valence-corrected chi connectivity index (χ2v) is 6.64. The maximum Gasteiger partial charge on any atom is 0.264 e. The molecule has 0 unspecified atom stereocenters. The Kier molecular flexibility index (Phi) is 5.11. The fourth-order valence-corrected chi connectivity index (χ4v) is 3.70. The largest absolute Gasteiger partial charge is 0.352 e. The summed E-state index contributed by atoms with van der Waals surface area (Å²) >= 11 is 7.64. The van der Waals surface area contributed by atoms with E-state index in [4.69, 9.17) is 11.6 Å². The molecule has 0 aliphatic carbocycles. The normalized spacial score (nSPS) is 11.2. The number of fused-ring (bicyclic) bond motifs is 1. The summed E-state index contributed by atoms with van der Waals surface area (Å²) in [6, 6.07) is 11.5. The molecule has 1 aromatic heterocycles. The lowest BCUT2D eigenvalue weighted by molar-refractivity contribution is 0.0940. The van der Waals surface area contributed by atoms with E-state index in [0.29, 0.717) is 18.0 Å². The number of benzene rings is 2. The molecule has 6 heteroatoms. The maximum absolute atomic E-state index is 13.0. The van der Waals surface area contributed by atoms with E-state index in [-0.39, 0.29) is 11.1 Å². The quantitative estimate of drug-likeness (QED) is 0.638. The third-order valence-electron chi connectivity index (χ3n) is 3.74. The van der Waals surface area contributed by atoms with Crippen LogP contribution in [0.15, 0.2) is 47.8 Å². The Labute approximate surface area is 147 Å². The highest BCUT2D eigenvalue weighted by Gasteiger charge is 2.17. The van der Waals surface area contributed by atoms with Crippen molar-refractivity contribution in [3.63, 3.8) is 0 Å². The maximum atomic E-state index is 13.0. The van der Waals surface area contributed by atoms with Crippen molar-refractivity contribution in [2.24, 2.45) is 0 Å². The molecule has 1 N–H and O–H groups in total. The first kappa shape index (κ1) is 16.9. The van der Waals surface area contributed by atoms with Gasteiger partial charge in [0.05, 0.1) is 0 Å². The summed E-state index contributed by atoms with van der Waals surface area (Å²) in [6.45, 7) is 0.370. The molecule has 0 aliphatic rings. The number of carbonyl (C=O) groups excluding carboxylic acids is 1. The van der Waals surface area contributed by atoms with Crippen LogP contribution in [0.2, 0.25) is 5.02 Å². The van der Waals surface area contributed by atoms with E-state index < -0.39 is 12.3 Å². The second kappa shape index (κ2) is 7.28. The number of amides is 1. The fourth-order valence-electron chi connectivity index (χ4n) is 2.55. The van der Waals surface area contributed by atoms with Crippen molar-refractivity contribution in [2.75, 3.05) is 6.54 Å². The first-order chi connectivity index (χ1) is 11.6. The molecule has 0 fully saturated rings. The average Bonchev–Trinajstić information content (AvgIpc) is 2.97. The van der Waals surface area contributed by atoms with Gasteiger partial charge in [0, 0.05) is 27.4 Å². The molecule has 2 nitrogen and oxygen atoms in total. The Balaban J connectivity index is 1.68. The van der Waals surface area contributed by atoms with E-state index >= 15 is 0 Å². The SMILES string of the molecule is O=C(NCCc1csc2ccc(Cl)cc12)c1ccccc1C(F)F. The van der Waals surface area contributed by atoms with Crippen LogP contribution >= 0.6 is 22.9 Å². The number of carbonyl (C=O) groups is 1. The number of nitrogens with one attached hydrogen (secondary N) is 1. The van der Waals surface area contributed by atoms with Crippen molar-refractivity contribution in [3.05, 3.63) is 69.6 Å². The van der Waals surface area contributed by atoms with Crippen LogP contribution in [0.5, 0.6) is 0 Å². The predicted octanol–water partition coefficient (Wildman–Crippen LogP) is 5.46. The number of rotatable bonds is 5. The van der Waals surface area contributed by atoms with Crippen LogP contribution in [0, 0.1) is 0 Å². The van der Waals surface area contributed by atoms with Gasteiger partial charge in [-0.25, -0.2) is 8.78 Å². The first-order valence-corrected chi connectivity index (χ1v) is 8.63. The van der Waals surface area contributed by atoms with Gasteiger partial charge in [0.25, 0.3) is 12.3 Å². The summed E-state index contributed by atoms with van der Waals surface area (Å²) in [5.74, 6) is -0.483. The number of halogens is 3. The van der Waals surface area contributed by atoms with Crippen LogP contribution in [0.4, 0.5) is 8.78 Å². The zero-order chi connectivity index (χ0) is 17.1. The second-order valence-electron chi connectivity index (χ2n) is 5.30. The van der Waals surface area contributed by atoms with Crippen LogP contribution in [-0.2, 0) is 6.42 Å². The van der Waals surface area contributed by atoms with Crippen LogP contribution in [0.1, 0.15) is 27.9 Å². The highest BCUT2D eigenvalue weighted by Crippen LogP contribution is 2.29. The van der Waals surface area contributed by atoms with Gasteiger partial charge in [0.15, 0.2) is 0 Å². The van der Waals surface area contributed by atoms with E-state index in [1.54, 1.807) is 17.4 Å². The van der Waals surface area contributed by atoms with Crippen molar-refractivity contribution in [2.45, 2.75) is 12.8 Å². The van der Waals surface area contributed by atoms with Crippen molar-refractivity contribution in [1.82, 2.24) is 5.32 Å². The molecule has 1 heterocycles. The third-order valence-corrected chi connectivity index (χ3v) is 4.98. The van der Waals surface area contributed by atoms with Crippen LogP contribution in [-0.4, -0.2) is 12.5 Å². The Hall–Kier alpha value is -1.98. The lowest BCUT2D eigenvalue weighted by Gasteiger charge is -2.09. The molecule has 0 saturated carbocycles. The van der Waals surface area contributed by atoms with Crippen molar-refractivity contribution in [3.8, 4) is 0 Å². The zero-order valence-electron chi connectivity index (χ0n) is 12.6. The molecular formula is C18H14ClF2NOS. The van der Waals surface area contributed by atoms with E-state index in [0.717, 1.165) is 15.6 Å². The summed E-state index contributed by atoms with van der Waals surface area (Å²) in [5, 5.41) is 6.47. The van der Waals surface area contributed by atoms with E-state index in [1.165, 1.54) is 18.2 Å². The lowest BCUT2D eigenvalue weighted by Crippen LogP contribution is -2.26. The molecule has 0 saturated heterocycles. The summed E-state index contributed by atoms with van der Waals surface area (Å²) in [7, 11) is 0. The molecule has 0 atom stereocenters. The van der Waals surface area contributed by atoms with Gasteiger partial charge in [0.2, 0.25) is 0 Å². The van der Waals surface area contributed by atoms with Gasteiger partial charge < -0.3 is 5.32 Å². The minimum atomic E-state index is -2.67. The highest BCUT2D eigenvalue weighted by molar-refractivity contribution is 7.17. The molecule has 0 bridgehead atoms. The van der Waals surface area contributed by atoms with Crippen molar-refractivity contribution in [1.29, 1.82) is 0 Å². The van der Waals surface area contributed by atoms with Gasteiger partial charge in [-0.1, -0.05) is 29.8 Å². The highest BCUT2D eigenvalue weighted by atomic mass is 35.5. The predicted molar refractivity (Wildman–Crippen MR) is 94.3 cm³/mol. The summed E-state index contributed by atoms with van der Waals surface area (Å²) in [5.41, 5.74) is 0.855. The average molecular weight is 366 g/mol. The Bertz CT molecular complexity index is 878. The van der Waals surface area contributed by atoms with Gasteiger partial charge in [-0.2, -0.15) is 0 Å². The Morgan fingerprint density at radius 2 is 2.00 bits per heavy atom. The van der Waals surface area contributed by atoms with Gasteiger partial charge in [0.1, 0.15) is 0 Å². The van der Waals surface area contributed by atoms with Gasteiger partial charge in [-0.3, -0.25) is 4.79 Å².